The van der Waals surface area contributed by atoms with Crippen LogP contribution in [-0.2, 0) is 42.9 Å². The summed E-state index contributed by atoms with van der Waals surface area (Å²) in [5.41, 5.74) is 0. The molecule has 83 heavy (non-hydrogen) atoms. The van der Waals surface area contributed by atoms with Gasteiger partial charge in [0.1, 0.15) is 18.8 Å². The number of aliphatic hydroxyl groups is 2. The Hall–Kier alpha value is -4.10. The van der Waals surface area contributed by atoms with Crippen LogP contribution in [-0.4, -0.2) is 89.2 Å². The SMILES string of the molecule is CC/C=C\C/C=C\C/C=C\C/C=C\C/C=C\CCCCCC(=O)OCC(COC1OC(C(=O)O)C(O)C(O)C1OC(=O)CCCCCCCCC/C=C\C/C=C\CCCCC)OC(=O)CCCCCCCCCCCCCCCCCCC. The lowest BCUT2D eigenvalue weighted by molar-refractivity contribution is -0.301. The number of allylic oxidation sites excluding steroid dienone is 14. The molecule has 12 heteroatoms. The Morgan fingerprint density at radius 1 is 0.410 bits per heavy atom. The lowest BCUT2D eigenvalue weighted by Gasteiger charge is -2.40. The molecule has 6 unspecified atom stereocenters. The van der Waals surface area contributed by atoms with Crippen molar-refractivity contribution < 1.29 is 58.2 Å². The summed E-state index contributed by atoms with van der Waals surface area (Å²) in [6, 6.07) is 0. The number of esters is 3. The Labute approximate surface area is 505 Å². The Morgan fingerprint density at radius 2 is 0.759 bits per heavy atom. The summed E-state index contributed by atoms with van der Waals surface area (Å²) in [4.78, 5) is 51.4. The predicted molar refractivity (Wildman–Crippen MR) is 340 cm³/mol. The van der Waals surface area contributed by atoms with Crippen molar-refractivity contribution in [2.24, 2.45) is 0 Å². The van der Waals surface area contributed by atoms with Gasteiger partial charge in [-0.2, -0.15) is 0 Å². The lowest BCUT2D eigenvalue weighted by atomic mass is 9.98. The molecule has 1 rings (SSSR count). The molecular formula is C71H120O12. The van der Waals surface area contributed by atoms with E-state index in [9.17, 15) is 34.5 Å². The third-order valence-corrected chi connectivity index (χ3v) is 15.0. The highest BCUT2D eigenvalue weighted by Crippen LogP contribution is 2.27. The van der Waals surface area contributed by atoms with E-state index >= 15 is 0 Å². The van der Waals surface area contributed by atoms with Crippen molar-refractivity contribution in [3.63, 3.8) is 0 Å². The van der Waals surface area contributed by atoms with Crippen LogP contribution >= 0.6 is 0 Å². The van der Waals surface area contributed by atoms with Crippen LogP contribution in [0.4, 0.5) is 0 Å². The van der Waals surface area contributed by atoms with Gasteiger partial charge in [-0.25, -0.2) is 4.79 Å². The Bertz CT molecular complexity index is 1760. The van der Waals surface area contributed by atoms with E-state index in [-0.39, 0.29) is 25.9 Å². The smallest absolute Gasteiger partial charge is 0.335 e. The quantitative estimate of drug-likeness (QED) is 0.0228. The molecule has 3 N–H and O–H groups in total. The van der Waals surface area contributed by atoms with Crippen molar-refractivity contribution in [2.45, 2.75) is 327 Å². The van der Waals surface area contributed by atoms with Crippen molar-refractivity contribution in [3.8, 4) is 0 Å². The molecule has 12 nitrogen and oxygen atoms in total. The molecule has 0 bridgehead atoms. The van der Waals surface area contributed by atoms with Crippen LogP contribution in [0.2, 0.25) is 0 Å². The molecule has 0 saturated carbocycles. The maximum atomic E-state index is 13.2. The first-order valence-electron chi connectivity index (χ1n) is 33.6. The summed E-state index contributed by atoms with van der Waals surface area (Å²) >= 11 is 0. The number of carboxylic acids is 1. The topological polar surface area (TPSA) is 175 Å². The summed E-state index contributed by atoms with van der Waals surface area (Å²) in [6.07, 6.45) is 63.9. The summed E-state index contributed by atoms with van der Waals surface area (Å²) in [7, 11) is 0. The number of carbonyl (C=O) groups excluding carboxylic acids is 3. The van der Waals surface area contributed by atoms with E-state index in [1.54, 1.807) is 0 Å². The minimum Gasteiger partial charge on any atom is -0.479 e. The molecule has 476 valence electrons. The van der Waals surface area contributed by atoms with Crippen LogP contribution in [0.3, 0.4) is 0 Å². The van der Waals surface area contributed by atoms with Crippen LogP contribution in [0.1, 0.15) is 290 Å². The molecule has 0 aromatic carbocycles. The van der Waals surface area contributed by atoms with E-state index in [1.807, 2.05) is 0 Å². The van der Waals surface area contributed by atoms with Crippen LogP contribution in [0, 0.1) is 0 Å². The van der Waals surface area contributed by atoms with Crippen LogP contribution in [0.15, 0.2) is 85.1 Å². The molecule has 1 fully saturated rings. The van der Waals surface area contributed by atoms with Gasteiger partial charge in [-0.3, -0.25) is 14.4 Å². The molecule has 1 saturated heterocycles. The largest absolute Gasteiger partial charge is 0.479 e. The highest BCUT2D eigenvalue weighted by molar-refractivity contribution is 5.74. The normalized spacial score (nSPS) is 18.1. The van der Waals surface area contributed by atoms with Gasteiger partial charge in [0.25, 0.3) is 0 Å². The van der Waals surface area contributed by atoms with E-state index < -0.39 is 67.3 Å². The molecule has 1 aliphatic rings. The average Bonchev–Trinajstić information content (AvgIpc) is 3.59. The number of aliphatic carboxylic acids is 1. The maximum absolute atomic E-state index is 13.2. The van der Waals surface area contributed by atoms with Crippen molar-refractivity contribution in [2.75, 3.05) is 13.2 Å². The Morgan fingerprint density at radius 3 is 1.19 bits per heavy atom. The molecule has 6 atom stereocenters. The zero-order chi connectivity index (χ0) is 60.3. The molecule has 0 aromatic heterocycles. The van der Waals surface area contributed by atoms with E-state index in [0.29, 0.717) is 19.3 Å². The summed E-state index contributed by atoms with van der Waals surface area (Å²) in [6.45, 7) is 5.86. The average molecular weight is 1170 g/mol. The van der Waals surface area contributed by atoms with Gasteiger partial charge in [-0.15, -0.1) is 0 Å². The number of ether oxygens (including phenoxy) is 5. The monoisotopic (exact) mass is 1160 g/mol. The van der Waals surface area contributed by atoms with Crippen molar-refractivity contribution in [1.82, 2.24) is 0 Å². The number of unbranched alkanes of at least 4 members (excludes halogenated alkanes) is 29. The first-order valence-corrected chi connectivity index (χ1v) is 33.6. The molecule has 0 aliphatic carbocycles. The lowest BCUT2D eigenvalue weighted by Crippen LogP contribution is -2.61. The fourth-order valence-corrected chi connectivity index (χ4v) is 9.84. The van der Waals surface area contributed by atoms with Crippen molar-refractivity contribution in [3.05, 3.63) is 85.1 Å². The number of carboxylic acid groups (broad SMARTS) is 1. The summed E-state index contributed by atoms with van der Waals surface area (Å²) in [5.74, 6) is -3.16. The van der Waals surface area contributed by atoms with E-state index in [2.05, 4.69) is 106 Å². The second-order valence-electron chi connectivity index (χ2n) is 22.7. The maximum Gasteiger partial charge on any atom is 0.335 e. The molecule has 1 heterocycles. The van der Waals surface area contributed by atoms with Gasteiger partial charge in [0.05, 0.1) is 6.61 Å². The zero-order valence-corrected chi connectivity index (χ0v) is 52.7. The number of rotatable bonds is 57. The summed E-state index contributed by atoms with van der Waals surface area (Å²) in [5, 5.41) is 31.6. The second kappa shape index (κ2) is 58.3. The number of carbonyl (C=O) groups is 4. The van der Waals surface area contributed by atoms with Crippen LogP contribution < -0.4 is 0 Å². The molecule has 0 spiro atoms. The van der Waals surface area contributed by atoms with Gasteiger partial charge in [-0.1, -0.05) is 260 Å². The van der Waals surface area contributed by atoms with Gasteiger partial charge in [0.2, 0.25) is 0 Å². The second-order valence-corrected chi connectivity index (χ2v) is 22.7. The molecule has 0 radical (unpaired) electrons. The third-order valence-electron chi connectivity index (χ3n) is 15.0. The molecule has 0 aromatic rings. The standard InChI is InChI=1S/C71H120O12/c1-4-7-10-13-16-19-22-25-28-31-32-35-36-39-42-45-48-51-54-57-63(72)79-60-62(81-64(73)58-55-52-49-46-43-40-37-33-29-26-23-20-17-14-11-8-5-2)61-80-71-69(67(76)66(75)68(83-71)70(77)78)82-65(74)59-56-53-50-47-44-41-38-34-30-27-24-21-18-15-12-9-6-3/h7,10,16,18-19,21,25,27-28,30,32,35,39,42,62,66-69,71,75-76H,4-6,8-9,11-15,17,20,22-24,26,29,31,33-34,36-38,40-41,43-61H2,1-3H3,(H,77,78)/b10-7-,19-16-,21-18-,28-25-,30-27-,35-32-,42-39-. The van der Waals surface area contributed by atoms with Gasteiger partial charge in [-0.05, 0) is 96.3 Å². The highest BCUT2D eigenvalue weighted by Gasteiger charge is 2.50. The molecular weight excluding hydrogens is 1040 g/mol. The number of hydrogen-bond acceptors (Lipinski definition) is 11. The summed E-state index contributed by atoms with van der Waals surface area (Å²) < 4.78 is 28.5. The van der Waals surface area contributed by atoms with Crippen molar-refractivity contribution in [1.29, 1.82) is 0 Å². The highest BCUT2D eigenvalue weighted by atomic mass is 16.7. The van der Waals surface area contributed by atoms with E-state index in [0.717, 1.165) is 128 Å². The minimum absolute atomic E-state index is 0.0468. The van der Waals surface area contributed by atoms with Gasteiger partial charge in [0, 0.05) is 19.3 Å². The van der Waals surface area contributed by atoms with Gasteiger partial charge in [0.15, 0.2) is 24.6 Å². The first-order chi connectivity index (χ1) is 40.6. The van der Waals surface area contributed by atoms with Crippen LogP contribution in [0.5, 0.6) is 0 Å². The predicted octanol–water partition coefficient (Wildman–Crippen LogP) is 18.2. The third kappa shape index (κ3) is 47.8. The minimum atomic E-state index is -1.91. The van der Waals surface area contributed by atoms with E-state index in [1.165, 1.54) is 103 Å². The van der Waals surface area contributed by atoms with Gasteiger partial charge < -0.3 is 39.0 Å². The zero-order valence-electron chi connectivity index (χ0n) is 52.7. The fraction of sp³-hybridized carbons (Fsp3) is 0.746. The molecule has 1 aliphatic heterocycles. The van der Waals surface area contributed by atoms with Crippen molar-refractivity contribution >= 4 is 23.9 Å². The van der Waals surface area contributed by atoms with Gasteiger partial charge >= 0.3 is 23.9 Å². The fourth-order valence-electron chi connectivity index (χ4n) is 9.84. The van der Waals surface area contributed by atoms with Crippen LogP contribution in [0.25, 0.3) is 0 Å². The first kappa shape index (κ1) is 76.9. The Kier molecular flexibility index (Phi) is 54.0. The molecule has 0 amide bonds. The van der Waals surface area contributed by atoms with E-state index in [4.69, 9.17) is 23.7 Å². The number of aliphatic hydroxyl groups excluding tert-OH is 2. The number of hydrogen-bond donors (Lipinski definition) is 3. The Balaban J connectivity index is 2.68.